The van der Waals surface area contributed by atoms with E-state index in [1.54, 1.807) is 6.07 Å². The molecule has 1 amide bonds. The van der Waals surface area contributed by atoms with Crippen LogP contribution in [0.5, 0.6) is 0 Å². The van der Waals surface area contributed by atoms with Crippen LogP contribution in [-0.4, -0.2) is 12.2 Å². The third-order valence-corrected chi connectivity index (χ3v) is 8.06. The van der Waals surface area contributed by atoms with E-state index in [9.17, 15) is 13.6 Å². The van der Waals surface area contributed by atoms with Gasteiger partial charge in [-0.1, -0.05) is 68.5 Å². The van der Waals surface area contributed by atoms with Crippen molar-refractivity contribution in [1.29, 1.82) is 0 Å². The maximum atomic E-state index is 13.8. The maximum absolute atomic E-state index is 13.8. The van der Waals surface area contributed by atoms with E-state index >= 15 is 0 Å². The summed E-state index contributed by atoms with van der Waals surface area (Å²) in [5.41, 5.74) is 1.65. The van der Waals surface area contributed by atoms with Crippen LogP contribution in [0.3, 0.4) is 0 Å². The number of alkyl halides is 2. The van der Waals surface area contributed by atoms with Crippen LogP contribution in [0.15, 0.2) is 53.4 Å². The Hall–Kier alpha value is -1.88. The van der Waals surface area contributed by atoms with Gasteiger partial charge in [-0.3, -0.25) is 4.79 Å². The molecule has 2 aromatic rings. The lowest BCUT2D eigenvalue weighted by Crippen LogP contribution is -2.36. The molecule has 2 aliphatic carbocycles. The normalized spacial score (nSPS) is 19.4. The minimum atomic E-state index is -2.93. The summed E-state index contributed by atoms with van der Waals surface area (Å²) in [5, 5.41) is 3.34. The van der Waals surface area contributed by atoms with E-state index in [-0.39, 0.29) is 22.9 Å². The fourth-order valence-electron chi connectivity index (χ4n) is 5.33. The van der Waals surface area contributed by atoms with Crippen LogP contribution < -0.4 is 5.32 Å². The van der Waals surface area contributed by atoms with Crippen molar-refractivity contribution in [3.05, 3.63) is 65.2 Å². The summed E-state index contributed by atoms with van der Waals surface area (Å²) in [6.45, 7) is 0.889. The van der Waals surface area contributed by atoms with Gasteiger partial charge in [-0.25, -0.2) is 8.78 Å². The number of carbonyl (C=O) groups is 1. The Balaban J connectivity index is 1.60. The highest BCUT2D eigenvalue weighted by Crippen LogP contribution is 2.60. The number of halogens is 2. The van der Waals surface area contributed by atoms with Crippen molar-refractivity contribution >= 4 is 17.7 Å². The highest BCUT2D eigenvalue weighted by molar-refractivity contribution is 7.98. The standard InChI is InChI=1S/C27H33F2NOS/c1-26(28,29)21-13-14-22(23(17-21)32-2)25(31)30-24(20-11-7-4-8-12-20)27(15-16-27)18-19-9-5-3-6-10-19/h4,7-8,11-14,17,19,24H,3,5-6,9-10,15-16,18H2,1-2H3,(H,30,31). The van der Waals surface area contributed by atoms with Gasteiger partial charge in [0, 0.05) is 17.4 Å². The van der Waals surface area contributed by atoms with Gasteiger partial charge in [0.25, 0.3) is 11.8 Å². The van der Waals surface area contributed by atoms with E-state index in [4.69, 9.17) is 0 Å². The number of thioether (sulfide) groups is 1. The van der Waals surface area contributed by atoms with Crippen molar-refractivity contribution in [1.82, 2.24) is 5.32 Å². The number of amides is 1. The highest BCUT2D eigenvalue weighted by atomic mass is 32.2. The second-order valence-electron chi connectivity index (χ2n) is 9.69. The monoisotopic (exact) mass is 457 g/mol. The van der Waals surface area contributed by atoms with Crippen molar-refractivity contribution < 1.29 is 13.6 Å². The van der Waals surface area contributed by atoms with Gasteiger partial charge >= 0.3 is 0 Å². The number of hydrogen-bond acceptors (Lipinski definition) is 2. The zero-order valence-electron chi connectivity index (χ0n) is 19.0. The Kier molecular flexibility index (Phi) is 6.94. The van der Waals surface area contributed by atoms with Gasteiger partial charge in [-0.15, -0.1) is 11.8 Å². The summed E-state index contributed by atoms with van der Waals surface area (Å²) < 4.78 is 27.6. The van der Waals surface area contributed by atoms with Crippen molar-refractivity contribution in [3.63, 3.8) is 0 Å². The molecule has 0 heterocycles. The molecule has 0 saturated heterocycles. The van der Waals surface area contributed by atoms with Gasteiger partial charge in [0.2, 0.25) is 0 Å². The molecule has 0 radical (unpaired) electrons. The molecule has 5 heteroatoms. The molecule has 2 saturated carbocycles. The van der Waals surface area contributed by atoms with E-state index in [1.165, 1.54) is 56.0 Å². The van der Waals surface area contributed by atoms with Gasteiger partial charge in [-0.05, 0) is 54.5 Å². The summed E-state index contributed by atoms with van der Waals surface area (Å²) >= 11 is 1.33. The lowest BCUT2D eigenvalue weighted by molar-refractivity contribution is 0.0172. The fraction of sp³-hybridized carbons (Fsp3) is 0.519. The Morgan fingerprint density at radius 3 is 2.41 bits per heavy atom. The molecular formula is C27H33F2NOS. The summed E-state index contributed by atoms with van der Waals surface area (Å²) in [6.07, 6.45) is 11.8. The Morgan fingerprint density at radius 2 is 1.81 bits per heavy atom. The number of hydrogen-bond donors (Lipinski definition) is 1. The molecule has 2 aromatic carbocycles. The lowest BCUT2D eigenvalue weighted by atomic mass is 9.77. The SMILES string of the molecule is CSc1cc(C(C)(F)F)ccc1C(=O)NC(c1ccccc1)C1(CC2CCCCC2)CC1. The predicted octanol–water partition coefficient (Wildman–Crippen LogP) is 7.74. The molecule has 32 heavy (non-hydrogen) atoms. The second-order valence-corrected chi connectivity index (χ2v) is 10.5. The quantitative estimate of drug-likeness (QED) is 0.411. The molecule has 1 atom stereocenters. The molecule has 4 rings (SSSR count). The molecule has 0 aromatic heterocycles. The van der Waals surface area contributed by atoms with Gasteiger partial charge in [0.15, 0.2) is 0 Å². The van der Waals surface area contributed by atoms with Gasteiger partial charge < -0.3 is 5.32 Å². The molecule has 1 N–H and O–H groups in total. The van der Waals surface area contributed by atoms with Crippen molar-refractivity contribution in [2.75, 3.05) is 6.26 Å². The van der Waals surface area contributed by atoms with Crippen molar-refractivity contribution in [2.45, 2.75) is 75.2 Å². The molecule has 0 spiro atoms. The van der Waals surface area contributed by atoms with Crippen LogP contribution in [0.4, 0.5) is 8.78 Å². The average Bonchev–Trinajstić information content (AvgIpc) is 3.57. The van der Waals surface area contributed by atoms with Crippen LogP contribution in [-0.2, 0) is 5.92 Å². The molecule has 0 aliphatic heterocycles. The van der Waals surface area contributed by atoms with E-state index < -0.39 is 5.92 Å². The van der Waals surface area contributed by atoms with Crippen LogP contribution >= 0.6 is 11.8 Å². The van der Waals surface area contributed by atoms with E-state index in [0.717, 1.165) is 37.7 Å². The average molecular weight is 458 g/mol. The van der Waals surface area contributed by atoms with Crippen molar-refractivity contribution in [2.24, 2.45) is 11.3 Å². The summed E-state index contributed by atoms with van der Waals surface area (Å²) in [4.78, 5) is 14.0. The maximum Gasteiger partial charge on any atom is 0.270 e. The molecule has 2 aliphatic rings. The first-order valence-corrected chi connectivity index (χ1v) is 13.0. The van der Waals surface area contributed by atoms with Crippen molar-refractivity contribution in [3.8, 4) is 0 Å². The highest BCUT2D eigenvalue weighted by Gasteiger charge is 2.51. The molecular weight excluding hydrogens is 424 g/mol. The predicted molar refractivity (Wildman–Crippen MR) is 127 cm³/mol. The first-order valence-electron chi connectivity index (χ1n) is 11.7. The van der Waals surface area contributed by atoms with Crippen LogP contribution in [0, 0.1) is 11.3 Å². The summed E-state index contributed by atoms with van der Waals surface area (Å²) in [6, 6.07) is 14.6. The van der Waals surface area contributed by atoms with E-state index in [1.807, 2.05) is 24.5 Å². The zero-order valence-corrected chi connectivity index (χ0v) is 19.8. The second kappa shape index (κ2) is 9.54. The van der Waals surface area contributed by atoms with Gasteiger partial charge in [0.05, 0.1) is 11.6 Å². The molecule has 0 bridgehead atoms. The number of benzene rings is 2. The molecule has 1 unspecified atom stereocenters. The smallest absolute Gasteiger partial charge is 0.270 e. The van der Waals surface area contributed by atoms with Crippen LogP contribution in [0.2, 0.25) is 0 Å². The minimum Gasteiger partial charge on any atom is -0.345 e. The Labute approximate surface area is 194 Å². The number of carbonyl (C=O) groups excluding carboxylic acids is 1. The van der Waals surface area contributed by atoms with E-state index in [2.05, 4.69) is 17.4 Å². The lowest BCUT2D eigenvalue weighted by Gasteiger charge is -2.33. The molecule has 2 fully saturated rings. The number of rotatable bonds is 8. The van der Waals surface area contributed by atoms with Gasteiger partial charge in [-0.2, -0.15) is 0 Å². The molecule has 172 valence electrons. The zero-order chi connectivity index (χ0) is 22.8. The van der Waals surface area contributed by atoms with Gasteiger partial charge in [0.1, 0.15) is 0 Å². The minimum absolute atomic E-state index is 0.0554. The Bertz CT molecular complexity index is 930. The largest absolute Gasteiger partial charge is 0.345 e. The third-order valence-electron chi connectivity index (χ3n) is 7.29. The topological polar surface area (TPSA) is 29.1 Å². The van der Waals surface area contributed by atoms with Crippen LogP contribution in [0.25, 0.3) is 0 Å². The summed E-state index contributed by atoms with van der Waals surface area (Å²) in [5.74, 6) is -2.37. The van der Waals surface area contributed by atoms with E-state index in [0.29, 0.717) is 10.5 Å². The fourth-order valence-corrected chi connectivity index (χ4v) is 5.96. The summed E-state index contributed by atoms with van der Waals surface area (Å²) in [7, 11) is 0. The third kappa shape index (κ3) is 5.19. The molecule has 2 nitrogen and oxygen atoms in total. The Morgan fingerprint density at radius 1 is 1.12 bits per heavy atom. The number of nitrogens with one attached hydrogen (secondary N) is 1. The van der Waals surface area contributed by atoms with Crippen LogP contribution in [0.1, 0.15) is 85.8 Å². The first kappa shape index (κ1) is 23.3. The first-order chi connectivity index (χ1) is 15.3.